The van der Waals surface area contributed by atoms with Gasteiger partial charge in [-0.15, -0.1) is 0 Å². The number of fused-ring (bicyclic) bond motifs is 1. The van der Waals surface area contributed by atoms with E-state index >= 15 is 0 Å². The minimum absolute atomic E-state index is 0.0409. The van der Waals surface area contributed by atoms with Gasteiger partial charge in [-0.3, -0.25) is 4.68 Å². The fourth-order valence-electron chi connectivity index (χ4n) is 2.79. The quantitative estimate of drug-likeness (QED) is 0.720. The minimum atomic E-state index is -0.0409. The smallest absolute Gasteiger partial charge is 0.278 e. The Balaban J connectivity index is 1.56. The van der Waals surface area contributed by atoms with E-state index in [0.29, 0.717) is 30.6 Å². The monoisotopic (exact) mass is 344 g/mol. The maximum atomic E-state index is 5.95. The summed E-state index contributed by atoms with van der Waals surface area (Å²) in [7, 11) is 0. The summed E-state index contributed by atoms with van der Waals surface area (Å²) in [6.07, 6.45) is 1.74. The number of ether oxygens (including phenoxy) is 1. The summed E-state index contributed by atoms with van der Waals surface area (Å²) >= 11 is 5.95. The number of hydrogen-bond donors (Lipinski definition) is 0. The zero-order valence-electron chi connectivity index (χ0n) is 13.3. The van der Waals surface area contributed by atoms with Crippen LogP contribution in [0.15, 0.2) is 34.9 Å². The molecule has 0 radical (unpaired) electrons. The van der Waals surface area contributed by atoms with Crippen molar-refractivity contribution in [3.8, 4) is 11.6 Å². The Morgan fingerprint density at radius 2 is 2.12 bits per heavy atom. The number of aromatic nitrogens is 4. The fourth-order valence-corrected chi connectivity index (χ4v) is 2.92. The number of aryl methyl sites for hydroxylation is 1. The van der Waals surface area contributed by atoms with E-state index in [1.807, 2.05) is 35.0 Å². The molecule has 2 aromatic heterocycles. The Labute approximate surface area is 144 Å². The second-order valence-corrected chi connectivity index (χ2v) is 6.26. The Morgan fingerprint density at radius 3 is 2.92 bits per heavy atom. The van der Waals surface area contributed by atoms with Crippen molar-refractivity contribution in [2.75, 3.05) is 0 Å². The molecule has 124 valence electrons. The summed E-state index contributed by atoms with van der Waals surface area (Å²) in [5.74, 6) is 1.18. The van der Waals surface area contributed by atoms with Crippen LogP contribution in [0, 0.1) is 0 Å². The van der Waals surface area contributed by atoms with Crippen LogP contribution < -0.4 is 0 Å². The van der Waals surface area contributed by atoms with Gasteiger partial charge in [0.05, 0.1) is 18.8 Å². The normalized spacial score (nSPS) is 17.0. The number of hydrogen-bond acceptors (Lipinski definition) is 5. The van der Waals surface area contributed by atoms with Crippen molar-refractivity contribution in [1.29, 1.82) is 0 Å². The first-order valence-electron chi connectivity index (χ1n) is 7.99. The molecule has 0 saturated heterocycles. The average Bonchev–Trinajstić information content (AvgIpc) is 3.21. The van der Waals surface area contributed by atoms with Crippen LogP contribution in [0.4, 0.5) is 0 Å². The van der Waals surface area contributed by atoms with E-state index in [4.69, 9.17) is 20.9 Å². The van der Waals surface area contributed by atoms with Gasteiger partial charge in [-0.2, -0.15) is 10.1 Å². The molecule has 1 aliphatic heterocycles. The summed E-state index contributed by atoms with van der Waals surface area (Å²) < 4.78 is 13.2. The number of nitrogens with zero attached hydrogens (tertiary/aromatic N) is 4. The van der Waals surface area contributed by atoms with E-state index in [1.165, 1.54) is 0 Å². The number of rotatable bonds is 4. The summed E-state index contributed by atoms with van der Waals surface area (Å²) in [5.41, 5.74) is 2.79. The van der Waals surface area contributed by atoms with Gasteiger partial charge in [-0.05, 0) is 30.2 Å². The third-order valence-corrected chi connectivity index (χ3v) is 4.29. The first-order valence-corrected chi connectivity index (χ1v) is 8.37. The van der Waals surface area contributed by atoms with E-state index in [2.05, 4.69) is 22.2 Å². The molecule has 1 aliphatic rings. The molecule has 0 amide bonds. The van der Waals surface area contributed by atoms with Crippen molar-refractivity contribution < 1.29 is 9.26 Å². The standard InChI is InChI=1S/C17H17ClN4O2/c1-2-3-16-19-17(24-21-16)14-8-13-10-23-15(9-22(13)20-14)11-4-6-12(18)7-5-11/h4-8,15H,2-3,9-10H2,1H3/t15-/m0/s1. The zero-order valence-corrected chi connectivity index (χ0v) is 14.0. The molecule has 6 nitrogen and oxygen atoms in total. The van der Waals surface area contributed by atoms with Gasteiger partial charge in [-0.1, -0.05) is 35.8 Å². The topological polar surface area (TPSA) is 66.0 Å². The van der Waals surface area contributed by atoms with E-state index in [0.717, 1.165) is 29.1 Å². The van der Waals surface area contributed by atoms with E-state index < -0.39 is 0 Å². The number of benzene rings is 1. The molecule has 3 aromatic rings. The van der Waals surface area contributed by atoms with Gasteiger partial charge in [0.2, 0.25) is 0 Å². The second-order valence-electron chi connectivity index (χ2n) is 5.82. The molecule has 0 unspecified atom stereocenters. The van der Waals surface area contributed by atoms with Gasteiger partial charge in [0.1, 0.15) is 6.10 Å². The molecule has 4 rings (SSSR count). The molecule has 7 heteroatoms. The maximum absolute atomic E-state index is 5.95. The van der Waals surface area contributed by atoms with Crippen LogP contribution in [0.3, 0.4) is 0 Å². The maximum Gasteiger partial charge on any atom is 0.278 e. The molecule has 0 fully saturated rings. The van der Waals surface area contributed by atoms with Crippen LogP contribution in [-0.4, -0.2) is 19.9 Å². The van der Waals surface area contributed by atoms with Gasteiger partial charge >= 0.3 is 0 Å². The van der Waals surface area contributed by atoms with Crippen molar-refractivity contribution in [2.24, 2.45) is 0 Å². The number of halogens is 1. The molecule has 0 aliphatic carbocycles. The van der Waals surface area contributed by atoms with Gasteiger partial charge in [0.15, 0.2) is 11.5 Å². The highest BCUT2D eigenvalue weighted by Crippen LogP contribution is 2.29. The lowest BCUT2D eigenvalue weighted by Crippen LogP contribution is -2.21. The summed E-state index contributed by atoms with van der Waals surface area (Å²) in [6, 6.07) is 9.66. The van der Waals surface area contributed by atoms with Crippen LogP contribution in [0.2, 0.25) is 5.02 Å². The van der Waals surface area contributed by atoms with Crippen molar-refractivity contribution in [3.63, 3.8) is 0 Å². The Morgan fingerprint density at radius 1 is 1.29 bits per heavy atom. The largest absolute Gasteiger partial charge is 0.365 e. The molecule has 0 saturated carbocycles. The van der Waals surface area contributed by atoms with E-state index in [1.54, 1.807) is 0 Å². The van der Waals surface area contributed by atoms with Gasteiger partial charge < -0.3 is 9.26 Å². The Kier molecular flexibility index (Phi) is 4.08. The van der Waals surface area contributed by atoms with Crippen LogP contribution in [0.25, 0.3) is 11.6 Å². The van der Waals surface area contributed by atoms with Gasteiger partial charge in [0.25, 0.3) is 5.89 Å². The lowest BCUT2D eigenvalue weighted by atomic mass is 10.1. The van der Waals surface area contributed by atoms with Crippen LogP contribution in [-0.2, 0) is 24.3 Å². The molecule has 3 heterocycles. The highest BCUT2D eigenvalue weighted by molar-refractivity contribution is 6.30. The highest BCUT2D eigenvalue weighted by atomic mass is 35.5. The van der Waals surface area contributed by atoms with Crippen molar-refractivity contribution >= 4 is 11.6 Å². The molecule has 24 heavy (non-hydrogen) atoms. The SMILES string of the molecule is CCCc1noc(-c2cc3n(n2)C[C@@H](c2ccc(Cl)cc2)OC3)n1. The van der Waals surface area contributed by atoms with Crippen LogP contribution >= 0.6 is 11.6 Å². The lowest BCUT2D eigenvalue weighted by molar-refractivity contribution is -0.00112. The predicted octanol–water partition coefficient (Wildman–Crippen LogP) is 3.81. The van der Waals surface area contributed by atoms with Crippen molar-refractivity contribution in [1.82, 2.24) is 19.9 Å². The molecule has 0 bridgehead atoms. The predicted molar refractivity (Wildman–Crippen MR) is 88.5 cm³/mol. The molecular formula is C17H17ClN4O2. The molecular weight excluding hydrogens is 328 g/mol. The van der Waals surface area contributed by atoms with E-state index in [-0.39, 0.29) is 6.10 Å². The molecule has 1 aromatic carbocycles. The summed E-state index contributed by atoms with van der Waals surface area (Å²) in [4.78, 5) is 4.39. The molecule has 0 N–H and O–H groups in total. The summed E-state index contributed by atoms with van der Waals surface area (Å²) in [6.45, 7) is 3.22. The first-order chi connectivity index (χ1) is 11.7. The summed E-state index contributed by atoms with van der Waals surface area (Å²) in [5, 5.41) is 9.30. The van der Waals surface area contributed by atoms with Crippen LogP contribution in [0.5, 0.6) is 0 Å². The van der Waals surface area contributed by atoms with Gasteiger partial charge in [0, 0.05) is 11.4 Å². The highest BCUT2D eigenvalue weighted by Gasteiger charge is 2.24. The molecule has 0 spiro atoms. The Hall–Kier alpha value is -2.18. The Bertz CT molecular complexity index is 841. The minimum Gasteiger partial charge on any atom is -0.365 e. The zero-order chi connectivity index (χ0) is 16.5. The van der Waals surface area contributed by atoms with Gasteiger partial charge in [-0.25, -0.2) is 0 Å². The van der Waals surface area contributed by atoms with Crippen molar-refractivity contribution in [3.05, 3.63) is 52.4 Å². The first kappa shape index (κ1) is 15.4. The van der Waals surface area contributed by atoms with E-state index in [9.17, 15) is 0 Å². The van der Waals surface area contributed by atoms with Crippen LogP contribution in [0.1, 0.15) is 36.5 Å². The fraction of sp³-hybridized carbons (Fsp3) is 0.353. The average molecular weight is 345 g/mol. The second kappa shape index (κ2) is 6.37. The molecule has 1 atom stereocenters. The van der Waals surface area contributed by atoms with Crippen molar-refractivity contribution in [2.45, 2.75) is 39.0 Å². The third-order valence-electron chi connectivity index (χ3n) is 4.04. The lowest BCUT2D eigenvalue weighted by Gasteiger charge is -2.24. The third kappa shape index (κ3) is 2.95.